The summed E-state index contributed by atoms with van der Waals surface area (Å²) in [5.74, 6) is -0.756. The van der Waals surface area contributed by atoms with E-state index in [1.807, 2.05) is 121 Å². The first-order valence-electron chi connectivity index (χ1n) is 11.6. The minimum Gasteiger partial charge on any atom is -0.280 e. The first-order valence-corrected chi connectivity index (χ1v) is 12.0. The van der Waals surface area contributed by atoms with Crippen LogP contribution in [0.25, 0.3) is 0 Å². The average molecular weight is 493 g/mol. The summed E-state index contributed by atoms with van der Waals surface area (Å²) >= 11 is 5.67. The van der Waals surface area contributed by atoms with Gasteiger partial charge in [-0.2, -0.15) is 5.10 Å². The van der Waals surface area contributed by atoms with Crippen molar-refractivity contribution in [3.63, 3.8) is 0 Å². The highest BCUT2D eigenvalue weighted by molar-refractivity contribution is 6.65. The molecule has 0 aliphatic heterocycles. The van der Waals surface area contributed by atoms with Crippen LogP contribution in [0.5, 0.6) is 0 Å². The molecule has 0 amide bonds. The van der Waals surface area contributed by atoms with Crippen LogP contribution in [-0.2, 0) is 4.79 Å². The van der Waals surface area contributed by atoms with Gasteiger partial charge in [0, 0.05) is 12.4 Å². The van der Waals surface area contributed by atoms with Gasteiger partial charge in [-0.3, -0.25) is 9.59 Å². The number of halogens is 1. The second-order valence-electron chi connectivity index (χ2n) is 8.10. The summed E-state index contributed by atoms with van der Waals surface area (Å²) in [5.41, 5.74) is 3.79. The number of nitrogens with zero attached hydrogens (tertiary/aromatic N) is 2. The van der Waals surface area contributed by atoms with Crippen molar-refractivity contribution in [2.75, 3.05) is 0 Å². The van der Waals surface area contributed by atoms with Crippen molar-refractivity contribution in [2.45, 2.75) is 11.8 Å². The third-order valence-corrected chi connectivity index (χ3v) is 5.95. The van der Waals surface area contributed by atoms with Gasteiger partial charge in [-0.1, -0.05) is 121 Å². The van der Waals surface area contributed by atoms with E-state index in [-0.39, 0.29) is 23.0 Å². The summed E-state index contributed by atoms with van der Waals surface area (Å²) in [5, 5.41) is 3.71. The van der Waals surface area contributed by atoms with Crippen LogP contribution in [0.2, 0.25) is 0 Å². The van der Waals surface area contributed by atoms with Crippen molar-refractivity contribution in [1.82, 2.24) is 9.78 Å². The molecule has 36 heavy (non-hydrogen) atoms. The molecule has 0 spiro atoms. The molecule has 4 aromatic carbocycles. The van der Waals surface area contributed by atoms with Crippen LogP contribution in [0.4, 0.5) is 0 Å². The molecule has 0 aliphatic rings. The molecular weight excluding hydrogens is 468 g/mol. The Labute approximate surface area is 215 Å². The Kier molecular flexibility index (Phi) is 8.57. The van der Waals surface area contributed by atoms with Crippen LogP contribution >= 0.6 is 11.6 Å². The van der Waals surface area contributed by atoms with Crippen molar-refractivity contribution < 1.29 is 9.59 Å². The zero-order valence-corrected chi connectivity index (χ0v) is 20.3. The Morgan fingerprint density at radius 3 is 1.22 bits per heavy atom. The van der Waals surface area contributed by atoms with Crippen LogP contribution in [0, 0.1) is 0 Å². The summed E-state index contributed by atoms with van der Waals surface area (Å²) in [6, 6.07) is 40.5. The van der Waals surface area contributed by atoms with E-state index in [1.54, 1.807) is 18.5 Å². The lowest BCUT2D eigenvalue weighted by atomic mass is 9.90. The van der Waals surface area contributed by atoms with E-state index in [0.717, 1.165) is 22.3 Å². The number of benzene rings is 4. The van der Waals surface area contributed by atoms with Gasteiger partial charge in [-0.05, 0) is 39.9 Å². The fraction of sp³-hybridized carbons (Fsp3) is 0.0645. The molecule has 0 bridgehead atoms. The quantitative estimate of drug-likeness (QED) is 0.241. The van der Waals surface area contributed by atoms with Crippen molar-refractivity contribution in [3.05, 3.63) is 162 Å². The molecule has 0 fully saturated rings. The van der Waals surface area contributed by atoms with Crippen LogP contribution < -0.4 is 0 Å². The molecule has 0 saturated carbocycles. The topological polar surface area (TPSA) is 52.0 Å². The molecule has 0 N–H and O–H groups in total. The zero-order valence-electron chi connectivity index (χ0n) is 19.5. The maximum Gasteiger partial charge on any atom is 0.258 e. The fourth-order valence-electron chi connectivity index (χ4n) is 4.05. The average Bonchev–Trinajstić information content (AvgIpc) is 3.47. The van der Waals surface area contributed by atoms with Crippen LogP contribution in [0.1, 0.15) is 38.9 Å². The highest BCUT2D eigenvalue weighted by Gasteiger charge is 2.24. The number of hydrogen-bond donors (Lipinski definition) is 0. The van der Waals surface area contributed by atoms with Crippen LogP contribution in [0.3, 0.4) is 0 Å². The Morgan fingerprint density at radius 2 is 0.917 bits per heavy atom. The number of carbonyl (C=O) groups is 2. The number of carbonyl (C=O) groups excluding carboxylic acids is 2. The van der Waals surface area contributed by atoms with Gasteiger partial charge >= 0.3 is 0 Å². The van der Waals surface area contributed by atoms with Gasteiger partial charge in [-0.15, -0.1) is 0 Å². The second kappa shape index (κ2) is 12.4. The molecule has 1 heterocycles. The van der Waals surface area contributed by atoms with Crippen LogP contribution in [0.15, 0.2) is 140 Å². The molecule has 0 radical (unpaired) electrons. The number of hydrogen-bond acceptors (Lipinski definition) is 3. The maximum absolute atomic E-state index is 12.7. The lowest BCUT2D eigenvalue weighted by molar-refractivity contribution is -0.112. The minimum absolute atomic E-state index is 0.0487. The SMILES string of the molecule is O=C(C(c1ccccc1)c1ccccc1)n1cccn1.O=C(Cl)C(c1ccccc1)c1ccccc1. The van der Waals surface area contributed by atoms with Gasteiger partial charge in [0.1, 0.15) is 0 Å². The van der Waals surface area contributed by atoms with Crippen molar-refractivity contribution >= 4 is 22.8 Å². The van der Waals surface area contributed by atoms with Crippen LogP contribution in [-0.4, -0.2) is 20.9 Å². The van der Waals surface area contributed by atoms with E-state index >= 15 is 0 Å². The van der Waals surface area contributed by atoms with Gasteiger partial charge in [0.2, 0.25) is 5.24 Å². The highest BCUT2D eigenvalue weighted by Crippen LogP contribution is 2.27. The van der Waals surface area contributed by atoms with Gasteiger partial charge < -0.3 is 0 Å². The largest absolute Gasteiger partial charge is 0.280 e. The van der Waals surface area contributed by atoms with Crippen molar-refractivity contribution in [1.29, 1.82) is 0 Å². The lowest BCUT2D eigenvalue weighted by Crippen LogP contribution is -2.21. The Hall–Kier alpha value is -4.28. The van der Waals surface area contributed by atoms with Gasteiger partial charge in [-0.25, -0.2) is 4.68 Å². The Morgan fingerprint density at radius 1 is 0.556 bits per heavy atom. The molecule has 178 valence electrons. The predicted molar refractivity (Wildman–Crippen MR) is 143 cm³/mol. The van der Waals surface area contributed by atoms with E-state index in [2.05, 4.69) is 5.10 Å². The number of aromatic nitrogens is 2. The highest BCUT2D eigenvalue weighted by atomic mass is 35.5. The van der Waals surface area contributed by atoms with Crippen molar-refractivity contribution in [2.24, 2.45) is 0 Å². The third kappa shape index (κ3) is 6.23. The molecule has 5 aromatic rings. The summed E-state index contributed by atoms with van der Waals surface area (Å²) in [7, 11) is 0. The fourth-order valence-corrected chi connectivity index (χ4v) is 4.30. The van der Waals surface area contributed by atoms with E-state index in [4.69, 9.17) is 11.6 Å². The maximum atomic E-state index is 12.7. The molecular formula is C31H25ClN2O2. The molecule has 0 unspecified atom stereocenters. The lowest BCUT2D eigenvalue weighted by Gasteiger charge is -2.16. The molecule has 0 atom stereocenters. The minimum atomic E-state index is -0.371. The van der Waals surface area contributed by atoms with E-state index in [0.29, 0.717) is 0 Å². The third-order valence-electron chi connectivity index (χ3n) is 5.74. The standard InChI is InChI=1S/C17H14N2O.C14H11ClO/c20-17(19-13-7-12-18-19)16(14-8-3-1-4-9-14)15-10-5-2-6-11-15;15-14(16)13(11-7-3-1-4-8-11)12-9-5-2-6-10-12/h1-13,16H;1-10,13H. The smallest absolute Gasteiger partial charge is 0.258 e. The Bertz CT molecular complexity index is 1280. The molecule has 0 saturated heterocycles. The molecule has 5 heteroatoms. The molecule has 4 nitrogen and oxygen atoms in total. The first-order chi connectivity index (χ1) is 17.6. The molecule has 1 aromatic heterocycles. The predicted octanol–water partition coefficient (Wildman–Crippen LogP) is 6.94. The molecule has 5 rings (SSSR count). The van der Waals surface area contributed by atoms with Gasteiger partial charge in [0.25, 0.3) is 5.91 Å². The first kappa shape index (κ1) is 24.8. The normalized spacial score (nSPS) is 10.5. The number of rotatable bonds is 6. The van der Waals surface area contributed by atoms with E-state index in [1.165, 1.54) is 4.68 Å². The Balaban J connectivity index is 0.000000174. The van der Waals surface area contributed by atoms with Gasteiger partial charge in [0.05, 0.1) is 11.8 Å². The summed E-state index contributed by atoms with van der Waals surface area (Å²) < 4.78 is 1.39. The summed E-state index contributed by atoms with van der Waals surface area (Å²) in [4.78, 5) is 24.2. The second-order valence-corrected chi connectivity index (χ2v) is 8.47. The van der Waals surface area contributed by atoms with E-state index < -0.39 is 0 Å². The monoisotopic (exact) mass is 492 g/mol. The van der Waals surface area contributed by atoms with E-state index in [9.17, 15) is 9.59 Å². The van der Waals surface area contributed by atoms with Crippen molar-refractivity contribution in [3.8, 4) is 0 Å². The molecule has 0 aliphatic carbocycles. The zero-order chi connectivity index (χ0) is 25.2. The summed E-state index contributed by atoms with van der Waals surface area (Å²) in [6.07, 6.45) is 3.30. The van der Waals surface area contributed by atoms with Gasteiger partial charge in [0.15, 0.2) is 0 Å². The summed E-state index contributed by atoms with van der Waals surface area (Å²) in [6.45, 7) is 0.